The number of aliphatic hydroxyl groups excluding tert-OH is 1. The van der Waals surface area contributed by atoms with Crippen molar-refractivity contribution in [2.24, 2.45) is 0 Å². The van der Waals surface area contributed by atoms with Crippen LogP contribution in [0.5, 0.6) is 5.88 Å². The summed E-state index contributed by atoms with van der Waals surface area (Å²) in [6.07, 6.45) is 10.0. The van der Waals surface area contributed by atoms with Gasteiger partial charge in [-0.25, -0.2) is 9.97 Å². The highest BCUT2D eigenvalue weighted by molar-refractivity contribution is 7.19. The van der Waals surface area contributed by atoms with Crippen LogP contribution in [0.15, 0.2) is 6.33 Å². The number of ether oxygens (including phenoxy) is 1. The lowest BCUT2D eigenvalue weighted by molar-refractivity contribution is 0.108. The fraction of sp³-hybridized carbons (Fsp3) is 0.714. The van der Waals surface area contributed by atoms with E-state index in [1.54, 1.807) is 17.7 Å². The molecule has 0 amide bonds. The Hall–Kier alpha value is -1.24. The molecule has 0 spiro atoms. The Kier molecular flexibility index (Phi) is 5.67. The Bertz CT molecular complexity index is 783. The maximum atomic E-state index is 10.2. The highest BCUT2D eigenvalue weighted by Crippen LogP contribution is 2.47. The molecule has 0 unspecified atom stereocenters. The van der Waals surface area contributed by atoms with Gasteiger partial charge in [0, 0.05) is 10.9 Å². The molecule has 0 aliphatic heterocycles. The van der Waals surface area contributed by atoms with Gasteiger partial charge in [0.2, 0.25) is 5.88 Å². The van der Waals surface area contributed by atoms with Crippen LogP contribution >= 0.6 is 11.3 Å². The molecule has 2 aliphatic carbocycles. The molecule has 4 rings (SSSR count). The van der Waals surface area contributed by atoms with Gasteiger partial charge in [-0.2, -0.15) is 0 Å². The van der Waals surface area contributed by atoms with Crippen LogP contribution < -0.4 is 4.74 Å². The highest BCUT2D eigenvalue weighted by Gasteiger charge is 2.32. The van der Waals surface area contributed by atoms with Crippen molar-refractivity contribution < 1.29 is 9.84 Å². The molecule has 0 radical (unpaired) electrons. The summed E-state index contributed by atoms with van der Waals surface area (Å²) < 4.78 is 6.43. The molecule has 2 aromatic heterocycles. The van der Waals surface area contributed by atoms with E-state index in [0.717, 1.165) is 54.6 Å². The third kappa shape index (κ3) is 3.84. The number of aromatic nitrogens is 2. The summed E-state index contributed by atoms with van der Waals surface area (Å²) >= 11 is 1.79. The van der Waals surface area contributed by atoms with Crippen molar-refractivity contribution in [3.63, 3.8) is 0 Å². The maximum Gasteiger partial charge on any atom is 0.225 e. The quantitative estimate of drug-likeness (QED) is 0.805. The van der Waals surface area contributed by atoms with Gasteiger partial charge in [0.05, 0.1) is 11.5 Å². The molecule has 2 atom stereocenters. The molecule has 148 valence electrons. The van der Waals surface area contributed by atoms with Crippen molar-refractivity contribution in [3.05, 3.63) is 16.8 Å². The molecule has 2 aromatic rings. The molecule has 0 saturated heterocycles. The smallest absolute Gasteiger partial charge is 0.225 e. The number of hydrogen-bond donors (Lipinski definition) is 1. The first-order chi connectivity index (χ1) is 13.1. The molecular weight excluding hydrogens is 358 g/mol. The second-order valence-corrected chi connectivity index (χ2v) is 9.43. The van der Waals surface area contributed by atoms with E-state index in [2.05, 4.69) is 29.0 Å². The fourth-order valence-electron chi connectivity index (χ4n) is 4.70. The number of aryl methyl sites for hydroxylation is 1. The van der Waals surface area contributed by atoms with Crippen LogP contribution in [0.2, 0.25) is 0 Å². The number of hydrogen-bond acceptors (Lipinski definition) is 6. The topological polar surface area (TPSA) is 58.5 Å². The summed E-state index contributed by atoms with van der Waals surface area (Å²) in [6, 6.07) is 0.667. The zero-order chi connectivity index (χ0) is 19.0. The predicted octanol–water partition coefficient (Wildman–Crippen LogP) is 4.13. The summed E-state index contributed by atoms with van der Waals surface area (Å²) in [6.45, 7) is 2.05. The highest BCUT2D eigenvalue weighted by atomic mass is 32.1. The van der Waals surface area contributed by atoms with Crippen molar-refractivity contribution >= 4 is 21.6 Å². The second kappa shape index (κ2) is 8.02. The van der Waals surface area contributed by atoms with E-state index in [9.17, 15) is 5.11 Å². The monoisotopic (exact) mass is 389 g/mol. The zero-order valence-electron chi connectivity index (χ0n) is 16.6. The van der Waals surface area contributed by atoms with Gasteiger partial charge in [-0.3, -0.25) is 0 Å². The molecule has 0 aromatic carbocycles. The van der Waals surface area contributed by atoms with Crippen LogP contribution in [0.3, 0.4) is 0 Å². The van der Waals surface area contributed by atoms with E-state index in [4.69, 9.17) is 4.74 Å². The predicted molar refractivity (Wildman–Crippen MR) is 110 cm³/mol. The Balaban J connectivity index is 1.57. The van der Waals surface area contributed by atoms with Gasteiger partial charge in [0.25, 0.3) is 0 Å². The lowest BCUT2D eigenvalue weighted by atomic mass is 9.92. The van der Waals surface area contributed by atoms with Gasteiger partial charge in [-0.15, -0.1) is 11.3 Å². The summed E-state index contributed by atoms with van der Waals surface area (Å²) in [5.41, 5.74) is 1.36. The fourth-order valence-corrected chi connectivity index (χ4v) is 5.93. The van der Waals surface area contributed by atoms with Crippen LogP contribution in [0.4, 0.5) is 0 Å². The molecule has 1 N–H and O–H groups in total. The molecule has 27 heavy (non-hydrogen) atoms. The van der Waals surface area contributed by atoms with E-state index in [-0.39, 0.29) is 12.2 Å². The van der Waals surface area contributed by atoms with E-state index >= 15 is 0 Å². The van der Waals surface area contributed by atoms with E-state index in [0.29, 0.717) is 12.0 Å². The van der Waals surface area contributed by atoms with Crippen LogP contribution in [-0.4, -0.2) is 52.3 Å². The molecule has 0 bridgehead atoms. The summed E-state index contributed by atoms with van der Waals surface area (Å²) in [7, 11) is 4.33. The number of fused-ring (bicyclic) bond motifs is 3. The molecule has 6 heteroatoms. The average molecular weight is 390 g/mol. The van der Waals surface area contributed by atoms with E-state index < -0.39 is 0 Å². The number of thiophene rings is 1. The van der Waals surface area contributed by atoms with Gasteiger partial charge in [-0.1, -0.05) is 6.92 Å². The minimum Gasteiger partial charge on any atom is -0.474 e. The molecule has 2 heterocycles. The zero-order valence-corrected chi connectivity index (χ0v) is 17.5. The number of aliphatic hydroxyl groups is 1. The van der Waals surface area contributed by atoms with Gasteiger partial charge in [-0.05, 0) is 76.9 Å². The lowest BCUT2D eigenvalue weighted by Crippen LogP contribution is -2.35. The molecule has 1 fully saturated rings. The maximum absolute atomic E-state index is 10.2. The first kappa shape index (κ1) is 19.1. The van der Waals surface area contributed by atoms with Gasteiger partial charge in [0.1, 0.15) is 17.3 Å². The minimum absolute atomic E-state index is 0.230. The van der Waals surface area contributed by atoms with Crippen molar-refractivity contribution in [1.82, 2.24) is 14.9 Å². The Labute approximate surface area is 165 Å². The SMILES string of the molecule is CC[C@H](O)C[C@H]1CCc2sc3ncnc(O[C@H]4CC[C@H](N(C)C)CC4)c3c21. The van der Waals surface area contributed by atoms with Crippen LogP contribution in [0.1, 0.15) is 68.2 Å². The lowest BCUT2D eigenvalue weighted by Gasteiger charge is -2.32. The molecule has 5 nitrogen and oxygen atoms in total. The number of rotatable bonds is 6. The van der Waals surface area contributed by atoms with Crippen LogP contribution in [0, 0.1) is 0 Å². The van der Waals surface area contributed by atoms with Gasteiger partial charge < -0.3 is 14.7 Å². The van der Waals surface area contributed by atoms with E-state index in [1.807, 2.05) is 6.92 Å². The summed E-state index contributed by atoms with van der Waals surface area (Å²) in [5, 5.41) is 11.3. The summed E-state index contributed by atoms with van der Waals surface area (Å²) in [5.74, 6) is 1.17. The van der Waals surface area contributed by atoms with Crippen LogP contribution in [0.25, 0.3) is 10.2 Å². The molecule has 2 aliphatic rings. The van der Waals surface area contributed by atoms with Crippen LogP contribution in [-0.2, 0) is 6.42 Å². The first-order valence-electron chi connectivity index (χ1n) is 10.3. The largest absolute Gasteiger partial charge is 0.474 e. The van der Waals surface area contributed by atoms with Gasteiger partial charge >= 0.3 is 0 Å². The summed E-state index contributed by atoms with van der Waals surface area (Å²) in [4.78, 5) is 13.9. The van der Waals surface area contributed by atoms with Crippen molar-refractivity contribution in [3.8, 4) is 5.88 Å². The first-order valence-corrected chi connectivity index (χ1v) is 11.2. The van der Waals surface area contributed by atoms with Crippen molar-refractivity contribution in [2.75, 3.05) is 14.1 Å². The normalized spacial score (nSPS) is 26.5. The number of nitrogens with zero attached hydrogens (tertiary/aromatic N) is 3. The van der Waals surface area contributed by atoms with Crippen molar-refractivity contribution in [1.29, 1.82) is 0 Å². The minimum atomic E-state index is -0.230. The second-order valence-electron chi connectivity index (χ2n) is 8.34. The standard InChI is InChI=1S/C21H31N3O2S/c1-4-15(25)11-13-5-10-17-18(13)19-20(22-12-23-21(19)27-17)26-16-8-6-14(7-9-16)24(2)3/h12-16,25H,4-11H2,1-3H3/t13-,14-,15+,16-/m1/s1. The van der Waals surface area contributed by atoms with Gasteiger partial charge in [0.15, 0.2) is 0 Å². The average Bonchev–Trinajstić information content (AvgIpc) is 3.22. The third-order valence-corrected chi connectivity index (χ3v) is 7.55. The Morgan fingerprint density at radius 2 is 2.00 bits per heavy atom. The molecular formula is C21H31N3O2S. The van der Waals surface area contributed by atoms with E-state index in [1.165, 1.54) is 23.3 Å². The molecule has 1 saturated carbocycles. The van der Waals surface area contributed by atoms with Crippen molar-refractivity contribution in [2.45, 2.75) is 82.5 Å². The third-order valence-electron chi connectivity index (χ3n) is 6.38. The Morgan fingerprint density at radius 1 is 1.22 bits per heavy atom. The Morgan fingerprint density at radius 3 is 2.70 bits per heavy atom.